The maximum atomic E-state index is 12.4. The molecule has 1 N–H and O–H groups in total. The molecule has 0 bridgehead atoms. The van der Waals surface area contributed by atoms with Crippen molar-refractivity contribution in [3.05, 3.63) is 29.8 Å². The standard InChI is InChI=1S/C19H28N2O4/c1-19(2,25-4)13-20-18(23)15-8-9-17(22)21(12-15)11-14-6-5-7-16(10-14)24-3/h5-7,10,15H,8-9,11-13H2,1-4H3,(H,20,23)/t15-/m0/s1. The van der Waals surface area contributed by atoms with Crippen LogP contribution in [-0.2, 0) is 20.9 Å². The summed E-state index contributed by atoms with van der Waals surface area (Å²) in [7, 11) is 3.24. The fraction of sp³-hybridized carbons (Fsp3) is 0.579. The summed E-state index contributed by atoms with van der Waals surface area (Å²) in [6, 6.07) is 7.65. The number of rotatable bonds is 7. The number of ether oxygens (including phenoxy) is 2. The lowest BCUT2D eigenvalue weighted by molar-refractivity contribution is -0.139. The first-order chi connectivity index (χ1) is 11.8. The van der Waals surface area contributed by atoms with E-state index in [1.807, 2.05) is 38.1 Å². The van der Waals surface area contributed by atoms with Crippen molar-refractivity contribution in [3.8, 4) is 5.75 Å². The number of carbonyl (C=O) groups is 2. The van der Waals surface area contributed by atoms with Gasteiger partial charge in [-0.05, 0) is 38.0 Å². The molecule has 0 radical (unpaired) electrons. The van der Waals surface area contributed by atoms with E-state index in [4.69, 9.17) is 9.47 Å². The minimum absolute atomic E-state index is 0.0201. The summed E-state index contributed by atoms with van der Waals surface area (Å²) in [6.45, 7) is 5.22. The number of hydrogen-bond acceptors (Lipinski definition) is 4. The number of amides is 2. The Kier molecular flexibility index (Phi) is 6.42. The van der Waals surface area contributed by atoms with E-state index in [0.29, 0.717) is 32.5 Å². The second-order valence-electron chi connectivity index (χ2n) is 7.04. The van der Waals surface area contributed by atoms with Gasteiger partial charge in [-0.2, -0.15) is 0 Å². The first kappa shape index (κ1) is 19.2. The zero-order valence-corrected chi connectivity index (χ0v) is 15.5. The molecule has 0 aliphatic carbocycles. The van der Waals surface area contributed by atoms with Crippen molar-refractivity contribution in [3.63, 3.8) is 0 Å². The highest BCUT2D eigenvalue weighted by atomic mass is 16.5. The molecule has 6 heteroatoms. The molecule has 0 unspecified atom stereocenters. The molecule has 1 aromatic rings. The predicted octanol–water partition coefficient (Wildman–Crippen LogP) is 1.97. The van der Waals surface area contributed by atoms with Crippen molar-refractivity contribution in [2.45, 2.75) is 38.8 Å². The number of nitrogens with one attached hydrogen (secondary N) is 1. The maximum absolute atomic E-state index is 12.4. The van der Waals surface area contributed by atoms with E-state index in [2.05, 4.69) is 5.32 Å². The van der Waals surface area contributed by atoms with Crippen molar-refractivity contribution in [1.29, 1.82) is 0 Å². The molecule has 25 heavy (non-hydrogen) atoms. The van der Waals surface area contributed by atoms with E-state index in [1.54, 1.807) is 19.1 Å². The van der Waals surface area contributed by atoms with Crippen molar-refractivity contribution < 1.29 is 19.1 Å². The molecule has 0 aromatic heterocycles. The predicted molar refractivity (Wildman–Crippen MR) is 95.2 cm³/mol. The molecule has 1 fully saturated rings. The quantitative estimate of drug-likeness (QED) is 0.818. The van der Waals surface area contributed by atoms with Crippen molar-refractivity contribution >= 4 is 11.8 Å². The smallest absolute Gasteiger partial charge is 0.225 e. The Morgan fingerprint density at radius 1 is 1.36 bits per heavy atom. The van der Waals surface area contributed by atoms with Crippen molar-refractivity contribution in [2.75, 3.05) is 27.3 Å². The van der Waals surface area contributed by atoms with E-state index >= 15 is 0 Å². The fourth-order valence-electron chi connectivity index (χ4n) is 2.79. The summed E-state index contributed by atoms with van der Waals surface area (Å²) in [4.78, 5) is 26.4. The molecule has 1 heterocycles. The van der Waals surface area contributed by atoms with Gasteiger partial charge in [0.2, 0.25) is 11.8 Å². The first-order valence-corrected chi connectivity index (χ1v) is 8.58. The van der Waals surface area contributed by atoms with E-state index in [-0.39, 0.29) is 17.7 Å². The fourth-order valence-corrected chi connectivity index (χ4v) is 2.79. The van der Waals surface area contributed by atoms with Crippen LogP contribution >= 0.6 is 0 Å². The van der Waals surface area contributed by atoms with Crippen LogP contribution < -0.4 is 10.1 Å². The van der Waals surface area contributed by atoms with Crippen LogP contribution in [-0.4, -0.2) is 49.6 Å². The highest BCUT2D eigenvalue weighted by molar-refractivity contribution is 5.83. The molecule has 1 aliphatic heterocycles. The van der Waals surface area contributed by atoms with Gasteiger partial charge in [0, 0.05) is 33.2 Å². The maximum Gasteiger partial charge on any atom is 0.225 e. The molecular weight excluding hydrogens is 320 g/mol. The van der Waals surface area contributed by atoms with Crippen LogP contribution in [0.1, 0.15) is 32.3 Å². The number of piperidine rings is 1. The van der Waals surface area contributed by atoms with E-state index < -0.39 is 5.60 Å². The monoisotopic (exact) mass is 348 g/mol. The Morgan fingerprint density at radius 2 is 2.12 bits per heavy atom. The zero-order valence-electron chi connectivity index (χ0n) is 15.5. The van der Waals surface area contributed by atoms with Crippen LogP contribution in [0.4, 0.5) is 0 Å². The summed E-state index contributed by atoms with van der Waals surface area (Å²) in [5.74, 6) is 0.645. The second kappa shape index (κ2) is 8.34. The van der Waals surface area contributed by atoms with Gasteiger partial charge in [0.05, 0.1) is 18.6 Å². The molecular formula is C19H28N2O4. The van der Waals surface area contributed by atoms with Crippen LogP contribution in [0, 0.1) is 5.92 Å². The third-order valence-electron chi connectivity index (χ3n) is 4.62. The van der Waals surface area contributed by atoms with Crippen LogP contribution in [0.15, 0.2) is 24.3 Å². The van der Waals surface area contributed by atoms with Crippen LogP contribution in [0.2, 0.25) is 0 Å². The summed E-state index contributed by atoms with van der Waals surface area (Å²) in [5, 5.41) is 2.94. The Balaban J connectivity index is 1.96. The molecule has 2 amide bonds. The van der Waals surface area contributed by atoms with Crippen LogP contribution in [0.3, 0.4) is 0 Å². The van der Waals surface area contributed by atoms with Gasteiger partial charge in [0.25, 0.3) is 0 Å². The van der Waals surface area contributed by atoms with Gasteiger partial charge in [0.1, 0.15) is 5.75 Å². The van der Waals surface area contributed by atoms with E-state index in [0.717, 1.165) is 11.3 Å². The Morgan fingerprint density at radius 3 is 2.80 bits per heavy atom. The lowest BCUT2D eigenvalue weighted by atomic mass is 9.95. The summed E-state index contributed by atoms with van der Waals surface area (Å²) < 4.78 is 10.5. The number of methoxy groups -OCH3 is 2. The van der Waals surface area contributed by atoms with Crippen molar-refractivity contribution in [1.82, 2.24) is 10.2 Å². The average molecular weight is 348 g/mol. The summed E-state index contributed by atoms with van der Waals surface area (Å²) in [6.07, 6.45) is 0.989. The number of carbonyl (C=O) groups excluding carboxylic acids is 2. The molecule has 138 valence electrons. The lowest BCUT2D eigenvalue weighted by Gasteiger charge is -2.33. The molecule has 1 aromatic carbocycles. The first-order valence-electron chi connectivity index (χ1n) is 8.58. The summed E-state index contributed by atoms with van der Waals surface area (Å²) >= 11 is 0. The molecule has 0 spiro atoms. The molecule has 6 nitrogen and oxygen atoms in total. The molecule has 0 saturated carbocycles. The normalized spacial score (nSPS) is 18.2. The largest absolute Gasteiger partial charge is 0.497 e. The number of hydrogen-bond donors (Lipinski definition) is 1. The number of likely N-dealkylation sites (tertiary alicyclic amines) is 1. The van der Waals surface area contributed by atoms with Gasteiger partial charge >= 0.3 is 0 Å². The van der Waals surface area contributed by atoms with Gasteiger partial charge in [-0.25, -0.2) is 0 Å². The summed E-state index contributed by atoms with van der Waals surface area (Å²) in [5.41, 5.74) is 0.592. The average Bonchev–Trinajstić information content (AvgIpc) is 2.62. The third-order valence-corrected chi connectivity index (χ3v) is 4.62. The molecule has 1 aliphatic rings. The SMILES string of the molecule is COc1cccc(CN2C[C@@H](C(=O)NCC(C)(C)OC)CCC2=O)c1. The number of benzene rings is 1. The Labute approximate surface area is 149 Å². The van der Waals surface area contributed by atoms with Gasteiger partial charge < -0.3 is 19.7 Å². The highest BCUT2D eigenvalue weighted by Crippen LogP contribution is 2.22. The molecule has 1 atom stereocenters. The molecule has 1 saturated heterocycles. The lowest BCUT2D eigenvalue weighted by Crippen LogP contribution is -2.48. The van der Waals surface area contributed by atoms with Gasteiger partial charge in [-0.15, -0.1) is 0 Å². The van der Waals surface area contributed by atoms with Crippen LogP contribution in [0.5, 0.6) is 5.75 Å². The van der Waals surface area contributed by atoms with Gasteiger partial charge in [-0.1, -0.05) is 12.1 Å². The van der Waals surface area contributed by atoms with Crippen molar-refractivity contribution in [2.24, 2.45) is 5.92 Å². The topological polar surface area (TPSA) is 67.9 Å². The number of nitrogens with zero attached hydrogens (tertiary/aromatic N) is 1. The minimum atomic E-state index is -0.402. The molecule has 2 rings (SSSR count). The van der Waals surface area contributed by atoms with Gasteiger partial charge in [0.15, 0.2) is 0 Å². The van der Waals surface area contributed by atoms with E-state index in [9.17, 15) is 9.59 Å². The highest BCUT2D eigenvalue weighted by Gasteiger charge is 2.31. The minimum Gasteiger partial charge on any atom is -0.497 e. The second-order valence-corrected chi connectivity index (χ2v) is 7.04. The third kappa shape index (κ3) is 5.46. The van der Waals surface area contributed by atoms with Crippen LogP contribution in [0.25, 0.3) is 0 Å². The Hall–Kier alpha value is -2.08. The zero-order chi connectivity index (χ0) is 18.4. The van der Waals surface area contributed by atoms with E-state index in [1.165, 1.54) is 0 Å². The van der Waals surface area contributed by atoms with Gasteiger partial charge in [-0.3, -0.25) is 9.59 Å². The Bertz CT molecular complexity index is 615.